The van der Waals surface area contributed by atoms with Gasteiger partial charge in [-0.25, -0.2) is 0 Å². The maximum atomic E-state index is 8.52. The molecule has 0 heterocycles. The van der Waals surface area contributed by atoms with E-state index in [0.29, 0.717) is 37.9 Å². The second-order valence-corrected chi connectivity index (χ2v) is 4.41. The van der Waals surface area contributed by atoms with Crippen molar-refractivity contribution in [1.82, 2.24) is 0 Å². The van der Waals surface area contributed by atoms with Gasteiger partial charge in [0.2, 0.25) is 0 Å². The van der Waals surface area contributed by atoms with Crippen molar-refractivity contribution >= 4 is 15.9 Å². The molecular formula is C13H16BrNO4. The summed E-state index contributed by atoms with van der Waals surface area (Å²) in [6.45, 7) is 1.97. The molecule has 1 aromatic rings. The molecule has 0 fully saturated rings. The Kier molecular flexibility index (Phi) is 7.98. The van der Waals surface area contributed by atoms with Crippen LogP contribution in [0.2, 0.25) is 0 Å². The monoisotopic (exact) mass is 329 g/mol. The summed E-state index contributed by atoms with van der Waals surface area (Å²) >= 11 is 3.34. The lowest BCUT2D eigenvalue weighted by molar-refractivity contribution is 0.0539. The summed E-state index contributed by atoms with van der Waals surface area (Å²) in [6.07, 6.45) is 0. The summed E-state index contributed by atoms with van der Waals surface area (Å²) in [4.78, 5) is 0. The van der Waals surface area contributed by atoms with Gasteiger partial charge < -0.3 is 18.9 Å². The van der Waals surface area contributed by atoms with Crippen LogP contribution in [0.4, 0.5) is 0 Å². The average Bonchev–Trinajstić information content (AvgIpc) is 2.42. The Morgan fingerprint density at radius 3 is 2.63 bits per heavy atom. The molecule has 0 unspecified atom stereocenters. The molecule has 1 rings (SSSR count). The van der Waals surface area contributed by atoms with Crippen molar-refractivity contribution in [1.29, 1.82) is 5.26 Å². The maximum Gasteiger partial charge on any atom is 0.174 e. The molecule has 0 aliphatic rings. The molecule has 0 amide bonds. The number of ether oxygens (including phenoxy) is 4. The van der Waals surface area contributed by atoms with Gasteiger partial charge in [0.1, 0.15) is 12.7 Å². The first-order valence-corrected chi connectivity index (χ1v) is 6.56. The van der Waals surface area contributed by atoms with E-state index >= 15 is 0 Å². The lowest BCUT2D eigenvalue weighted by Gasteiger charge is -2.11. The van der Waals surface area contributed by atoms with E-state index in [2.05, 4.69) is 15.9 Å². The number of halogens is 1. The largest absolute Gasteiger partial charge is 0.487 e. The molecule has 0 saturated carbocycles. The number of hydrogen-bond donors (Lipinski definition) is 0. The van der Waals surface area contributed by atoms with Gasteiger partial charge in [-0.15, -0.1) is 0 Å². The quantitative estimate of drug-likeness (QED) is 0.651. The van der Waals surface area contributed by atoms with Crippen LogP contribution in [0.5, 0.6) is 11.5 Å². The molecule has 19 heavy (non-hydrogen) atoms. The van der Waals surface area contributed by atoms with Crippen LogP contribution in [-0.2, 0) is 9.47 Å². The third-order valence-corrected chi connectivity index (χ3v) is 2.61. The van der Waals surface area contributed by atoms with Crippen LogP contribution in [-0.4, -0.2) is 40.1 Å². The van der Waals surface area contributed by atoms with E-state index in [1.54, 1.807) is 19.2 Å². The van der Waals surface area contributed by atoms with E-state index in [0.717, 1.165) is 4.47 Å². The van der Waals surface area contributed by atoms with Gasteiger partial charge in [0.05, 0.1) is 19.8 Å². The number of nitrogens with zero attached hydrogens (tertiary/aromatic N) is 1. The van der Waals surface area contributed by atoms with Crippen LogP contribution in [0, 0.1) is 11.3 Å². The first kappa shape index (κ1) is 15.8. The van der Waals surface area contributed by atoms with E-state index in [1.807, 2.05) is 12.1 Å². The van der Waals surface area contributed by atoms with E-state index in [1.165, 1.54) is 0 Å². The van der Waals surface area contributed by atoms with Crippen LogP contribution in [0.25, 0.3) is 0 Å². The topological polar surface area (TPSA) is 60.7 Å². The fourth-order valence-corrected chi connectivity index (χ4v) is 1.62. The van der Waals surface area contributed by atoms with E-state index in [-0.39, 0.29) is 6.61 Å². The Hall–Kier alpha value is -1.29. The van der Waals surface area contributed by atoms with Crippen LogP contribution in [0.15, 0.2) is 22.7 Å². The molecule has 104 valence electrons. The first-order valence-electron chi connectivity index (χ1n) is 5.76. The van der Waals surface area contributed by atoms with Crippen LogP contribution < -0.4 is 9.47 Å². The highest BCUT2D eigenvalue weighted by Gasteiger charge is 2.06. The fraction of sp³-hybridized carbons (Fsp3) is 0.462. The van der Waals surface area contributed by atoms with Gasteiger partial charge in [0, 0.05) is 11.6 Å². The molecule has 0 aromatic heterocycles. The zero-order chi connectivity index (χ0) is 13.9. The molecule has 6 heteroatoms. The van der Waals surface area contributed by atoms with Crippen LogP contribution >= 0.6 is 15.9 Å². The highest BCUT2D eigenvalue weighted by atomic mass is 79.9. The van der Waals surface area contributed by atoms with Gasteiger partial charge in [0.15, 0.2) is 18.1 Å². The Morgan fingerprint density at radius 2 is 1.89 bits per heavy atom. The van der Waals surface area contributed by atoms with Gasteiger partial charge in [-0.05, 0) is 18.2 Å². The number of methoxy groups -OCH3 is 1. The normalized spacial score (nSPS) is 9.95. The third-order valence-electron chi connectivity index (χ3n) is 2.12. The van der Waals surface area contributed by atoms with Crippen LogP contribution in [0.3, 0.4) is 0 Å². The summed E-state index contributed by atoms with van der Waals surface area (Å²) in [5.41, 5.74) is 0. The molecular weight excluding hydrogens is 314 g/mol. The maximum absolute atomic E-state index is 8.52. The highest BCUT2D eigenvalue weighted by Crippen LogP contribution is 2.30. The van der Waals surface area contributed by atoms with E-state index < -0.39 is 0 Å². The molecule has 0 atom stereocenters. The predicted octanol–water partition coefficient (Wildman–Crippen LogP) is 2.39. The molecule has 0 radical (unpaired) electrons. The minimum atomic E-state index is -0.0167. The van der Waals surface area contributed by atoms with Gasteiger partial charge in [-0.2, -0.15) is 5.26 Å². The molecule has 0 aliphatic heterocycles. The van der Waals surface area contributed by atoms with Crippen molar-refractivity contribution in [3.8, 4) is 17.6 Å². The van der Waals surface area contributed by atoms with Crippen molar-refractivity contribution in [2.75, 3.05) is 40.1 Å². The zero-order valence-electron chi connectivity index (χ0n) is 10.7. The standard InChI is InChI=1S/C13H16BrNO4/c1-16-6-7-17-8-9-19-12-3-2-11(14)10-13(12)18-5-4-15/h2-3,10H,5-9H2,1H3. The van der Waals surface area contributed by atoms with Crippen molar-refractivity contribution < 1.29 is 18.9 Å². The molecule has 0 bridgehead atoms. The van der Waals surface area contributed by atoms with Crippen molar-refractivity contribution in [3.63, 3.8) is 0 Å². The average molecular weight is 330 g/mol. The SMILES string of the molecule is COCCOCCOc1ccc(Br)cc1OCC#N. The van der Waals surface area contributed by atoms with Crippen molar-refractivity contribution in [2.45, 2.75) is 0 Å². The number of hydrogen-bond acceptors (Lipinski definition) is 5. The summed E-state index contributed by atoms with van der Waals surface area (Å²) in [7, 11) is 1.63. The fourth-order valence-electron chi connectivity index (χ4n) is 1.28. The van der Waals surface area contributed by atoms with Crippen molar-refractivity contribution in [3.05, 3.63) is 22.7 Å². The zero-order valence-corrected chi connectivity index (χ0v) is 12.3. The lowest BCUT2D eigenvalue weighted by atomic mass is 10.3. The minimum Gasteiger partial charge on any atom is -0.487 e. The molecule has 1 aromatic carbocycles. The lowest BCUT2D eigenvalue weighted by Crippen LogP contribution is -2.10. The summed E-state index contributed by atoms with van der Waals surface area (Å²) in [6, 6.07) is 7.32. The summed E-state index contributed by atoms with van der Waals surface area (Å²) < 4.78 is 21.8. The minimum absolute atomic E-state index is 0.0167. The smallest absolute Gasteiger partial charge is 0.174 e. The molecule has 0 spiro atoms. The van der Waals surface area contributed by atoms with Crippen LogP contribution in [0.1, 0.15) is 0 Å². The van der Waals surface area contributed by atoms with Gasteiger partial charge in [0.25, 0.3) is 0 Å². The Bertz CT molecular complexity index is 420. The summed E-state index contributed by atoms with van der Waals surface area (Å²) in [5, 5.41) is 8.52. The Labute approximate surface area is 121 Å². The van der Waals surface area contributed by atoms with Crippen molar-refractivity contribution in [2.24, 2.45) is 0 Å². The molecule has 5 nitrogen and oxygen atoms in total. The van der Waals surface area contributed by atoms with Gasteiger partial charge in [-0.1, -0.05) is 15.9 Å². The molecule has 0 N–H and O–H groups in total. The second-order valence-electron chi connectivity index (χ2n) is 3.49. The second kappa shape index (κ2) is 9.62. The third kappa shape index (κ3) is 6.43. The Balaban J connectivity index is 2.41. The highest BCUT2D eigenvalue weighted by molar-refractivity contribution is 9.10. The molecule has 0 aliphatic carbocycles. The summed E-state index contributed by atoms with van der Waals surface area (Å²) in [5.74, 6) is 1.13. The Morgan fingerprint density at radius 1 is 1.11 bits per heavy atom. The number of rotatable bonds is 9. The van der Waals surface area contributed by atoms with E-state index in [9.17, 15) is 0 Å². The molecule has 0 saturated heterocycles. The van der Waals surface area contributed by atoms with Gasteiger partial charge in [-0.3, -0.25) is 0 Å². The number of benzene rings is 1. The first-order chi connectivity index (χ1) is 9.27. The number of nitriles is 1. The predicted molar refractivity (Wildman–Crippen MR) is 73.4 cm³/mol. The van der Waals surface area contributed by atoms with Gasteiger partial charge >= 0.3 is 0 Å². The van der Waals surface area contributed by atoms with E-state index in [4.69, 9.17) is 24.2 Å².